The molecule has 0 aliphatic heterocycles. The topological polar surface area (TPSA) is 12.0 Å². The van der Waals surface area contributed by atoms with Gasteiger partial charge in [-0.15, -0.1) is 0 Å². The fourth-order valence-electron chi connectivity index (χ4n) is 3.91. The minimum Gasteiger partial charge on any atom is -0.313 e. The minimum atomic E-state index is 0.390. The Kier molecular flexibility index (Phi) is 6.86. The van der Waals surface area contributed by atoms with Crippen LogP contribution in [-0.4, -0.2) is 12.6 Å². The fourth-order valence-corrected chi connectivity index (χ4v) is 3.91. The molecule has 0 bridgehead atoms. The smallest absolute Gasteiger partial charge is 0.0116 e. The number of hydrogen-bond donors (Lipinski definition) is 1. The van der Waals surface area contributed by atoms with Crippen molar-refractivity contribution in [3.8, 4) is 0 Å². The summed E-state index contributed by atoms with van der Waals surface area (Å²) in [5, 5.41) is 3.77. The van der Waals surface area contributed by atoms with E-state index in [1.807, 2.05) is 0 Å². The molecule has 3 unspecified atom stereocenters. The Morgan fingerprint density at radius 1 is 1.05 bits per heavy atom. The highest BCUT2D eigenvalue weighted by Gasteiger charge is 2.28. The maximum atomic E-state index is 3.77. The van der Waals surface area contributed by atoms with Gasteiger partial charge in [-0.1, -0.05) is 41.5 Å². The average Bonchev–Trinajstić information content (AvgIpc) is 2.26. The molecule has 1 heteroatoms. The van der Waals surface area contributed by atoms with E-state index in [9.17, 15) is 0 Å². The van der Waals surface area contributed by atoms with Crippen LogP contribution in [0.2, 0.25) is 0 Å². The summed E-state index contributed by atoms with van der Waals surface area (Å²) in [6.07, 6.45) is 8.41. The van der Waals surface area contributed by atoms with Crippen LogP contribution in [0.5, 0.6) is 0 Å². The zero-order chi connectivity index (χ0) is 14.5. The molecule has 1 saturated carbocycles. The SMILES string of the molecule is CCCNC(CCC1CC(C)CC(C)C1)C(C)(C)C. The normalized spacial score (nSPS) is 30.3. The minimum absolute atomic E-state index is 0.390. The average molecular weight is 268 g/mol. The predicted octanol–water partition coefficient (Wildman–Crippen LogP) is 5.25. The Labute approximate surface area is 121 Å². The van der Waals surface area contributed by atoms with Gasteiger partial charge in [0.25, 0.3) is 0 Å². The molecule has 0 radical (unpaired) electrons. The van der Waals surface area contributed by atoms with Gasteiger partial charge in [-0.2, -0.15) is 0 Å². The molecular formula is C18H37N. The van der Waals surface area contributed by atoms with Crippen LogP contribution >= 0.6 is 0 Å². The second-order valence-corrected chi connectivity index (χ2v) is 8.23. The summed E-state index contributed by atoms with van der Waals surface area (Å²) in [7, 11) is 0. The third-order valence-corrected chi connectivity index (χ3v) is 4.83. The highest BCUT2D eigenvalue weighted by molar-refractivity contribution is 4.83. The van der Waals surface area contributed by atoms with Crippen molar-refractivity contribution in [1.82, 2.24) is 5.32 Å². The molecule has 1 aliphatic carbocycles. The van der Waals surface area contributed by atoms with Crippen LogP contribution in [-0.2, 0) is 0 Å². The quantitative estimate of drug-likeness (QED) is 0.693. The van der Waals surface area contributed by atoms with Crippen molar-refractivity contribution in [1.29, 1.82) is 0 Å². The predicted molar refractivity (Wildman–Crippen MR) is 86.4 cm³/mol. The molecule has 3 atom stereocenters. The molecule has 0 heterocycles. The molecule has 1 nitrogen and oxygen atoms in total. The Hall–Kier alpha value is -0.0400. The first-order valence-electron chi connectivity index (χ1n) is 8.56. The van der Waals surface area contributed by atoms with Gasteiger partial charge in [-0.25, -0.2) is 0 Å². The van der Waals surface area contributed by atoms with Crippen LogP contribution in [0.4, 0.5) is 0 Å². The summed E-state index contributed by atoms with van der Waals surface area (Å²) in [6.45, 7) is 15.5. The van der Waals surface area contributed by atoms with E-state index < -0.39 is 0 Å². The zero-order valence-electron chi connectivity index (χ0n) is 14.3. The van der Waals surface area contributed by atoms with Crippen molar-refractivity contribution in [3.63, 3.8) is 0 Å². The summed E-state index contributed by atoms with van der Waals surface area (Å²) in [5.74, 6) is 2.88. The van der Waals surface area contributed by atoms with Gasteiger partial charge in [0, 0.05) is 6.04 Å². The van der Waals surface area contributed by atoms with E-state index in [-0.39, 0.29) is 0 Å². The monoisotopic (exact) mass is 267 g/mol. The van der Waals surface area contributed by atoms with Crippen molar-refractivity contribution in [3.05, 3.63) is 0 Å². The van der Waals surface area contributed by atoms with E-state index in [1.54, 1.807) is 0 Å². The largest absolute Gasteiger partial charge is 0.313 e. The fraction of sp³-hybridized carbons (Fsp3) is 1.00. The summed E-state index contributed by atoms with van der Waals surface area (Å²) in [4.78, 5) is 0. The second kappa shape index (κ2) is 7.67. The maximum Gasteiger partial charge on any atom is 0.0116 e. The third kappa shape index (κ3) is 6.29. The van der Waals surface area contributed by atoms with Gasteiger partial charge in [-0.05, 0) is 68.2 Å². The Morgan fingerprint density at radius 2 is 1.63 bits per heavy atom. The van der Waals surface area contributed by atoms with Crippen LogP contribution in [0.25, 0.3) is 0 Å². The summed E-state index contributed by atoms with van der Waals surface area (Å²) >= 11 is 0. The van der Waals surface area contributed by atoms with E-state index >= 15 is 0 Å². The van der Waals surface area contributed by atoms with Gasteiger partial charge < -0.3 is 5.32 Å². The molecule has 0 spiro atoms. The molecule has 114 valence electrons. The third-order valence-electron chi connectivity index (χ3n) is 4.83. The van der Waals surface area contributed by atoms with Crippen molar-refractivity contribution in [2.75, 3.05) is 6.54 Å². The number of nitrogens with one attached hydrogen (secondary N) is 1. The zero-order valence-corrected chi connectivity index (χ0v) is 14.3. The molecule has 1 rings (SSSR count). The van der Waals surface area contributed by atoms with Gasteiger partial charge >= 0.3 is 0 Å². The molecule has 0 saturated heterocycles. The van der Waals surface area contributed by atoms with E-state index in [0.717, 1.165) is 17.8 Å². The van der Waals surface area contributed by atoms with Crippen molar-refractivity contribution in [2.45, 2.75) is 86.1 Å². The molecule has 1 aliphatic rings. The summed E-state index contributed by atoms with van der Waals surface area (Å²) in [5.41, 5.74) is 0.390. The molecule has 0 aromatic heterocycles. The van der Waals surface area contributed by atoms with Crippen molar-refractivity contribution < 1.29 is 0 Å². The lowest BCUT2D eigenvalue weighted by Gasteiger charge is -2.36. The van der Waals surface area contributed by atoms with Gasteiger partial charge in [-0.3, -0.25) is 0 Å². The first-order chi connectivity index (χ1) is 8.82. The standard InChI is InChI=1S/C18H37N/c1-7-10-19-17(18(4,5)6)9-8-16-12-14(2)11-15(3)13-16/h14-17,19H,7-13H2,1-6H3. The van der Waals surface area contributed by atoms with Gasteiger partial charge in [0.05, 0.1) is 0 Å². The van der Waals surface area contributed by atoms with E-state index in [2.05, 4.69) is 46.9 Å². The first-order valence-corrected chi connectivity index (χ1v) is 8.56. The molecular weight excluding hydrogens is 230 g/mol. The molecule has 1 fully saturated rings. The first kappa shape index (κ1) is 17.0. The van der Waals surface area contributed by atoms with Crippen molar-refractivity contribution >= 4 is 0 Å². The highest BCUT2D eigenvalue weighted by atomic mass is 14.9. The number of hydrogen-bond acceptors (Lipinski definition) is 1. The van der Waals surface area contributed by atoms with E-state index in [4.69, 9.17) is 0 Å². The Bertz CT molecular complexity index is 231. The van der Waals surface area contributed by atoms with Gasteiger partial charge in [0.15, 0.2) is 0 Å². The maximum absolute atomic E-state index is 3.77. The highest BCUT2D eigenvalue weighted by Crippen LogP contribution is 2.36. The molecule has 0 amide bonds. The van der Waals surface area contributed by atoms with Crippen molar-refractivity contribution in [2.24, 2.45) is 23.2 Å². The second-order valence-electron chi connectivity index (χ2n) is 8.23. The van der Waals surface area contributed by atoms with Crippen LogP contribution in [0.15, 0.2) is 0 Å². The van der Waals surface area contributed by atoms with E-state index in [1.165, 1.54) is 45.1 Å². The lowest BCUT2D eigenvalue weighted by molar-refractivity contribution is 0.182. The summed E-state index contributed by atoms with van der Waals surface area (Å²) < 4.78 is 0. The molecule has 0 aromatic carbocycles. The van der Waals surface area contributed by atoms with Crippen LogP contribution in [0, 0.1) is 23.2 Å². The van der Waals surface area contributed by atoms with Crippen LogP contribution in [0.1, 0.15) is 80.1 Å². The Morgan fingerprint density at radius 3 is 2.11 bits per heavy atom. The van der Waals surface area contributed by atoms with Crippen LogP contribution < -0.4 is 5.32 Å². The van der Waals surface area contributed by atoms with E-state index in [0.29, 0.717) is 11.5 Å². The number of rotatable bonds is 6. The van der Waals surface area contributed by atoms with Gasteiger partial charge in [0.2, 0.25) is 0 Å². The lowest BCUT2D eigenvalue weighted by atomic mass is 9.73. The molecule has 1 N–H and O–H groups in total. The van der Waals surface area contributed by atoms with Gasteiger partial charge in [0.1, 0.15) is 0 Å². The Balaban J connectivity index is 2.42. The molecule has 0 aromatic rings. The van der Waals surface area contributed by atoms with Crippen LogP contribution in [0.3, 0.4) is 0 Å². The summed E-state index contributed by atoms with van der Waals surface area (Å²) in [6, 6.07) is 0.681. The molecule has 19 heavy (non-hydrogen) atoms. The lowest BCUT2D eigenvalue weighted by Crippen LogP contribution is -2.41.